The number of thioether (sulfide) groups is 1. The maximum Gasteiger partial charge on any atom is 0.410 e. The van der Waals surface area contributed by atoms with E-state index in [1.807, 2.05) is 81.4 Å². The van der Waals surface area contributed by atoms with E-state index in [-0.39, 0.29) is 17.9 Å². The van der Waals surface area contributed by atoms with Crippen LogP contribution in [0.25, 0.3) is 0 Å². The van der Waals surface area contributed by atoms with E-state index in [0.717, 1.165) is 17.1 Å². The number of carbonyl (C=O) groups is 1. The van der Waals surface area contributed by atoms with Gasteiger partial charge in [-0.3, -0.25) is 0 Å². The average molecular weight is 549 g/mol. The van der Waals surface area contributed by atoms with E-state index in [9.17, 15) is 10.1 Å². The number of nitriles is 1. The number of hydrogen-bond donors (Lipinski definition) is 0. The quantitative estimate of drug-likeness (QED) is 0.280. The van der Waals surface area contributed by atoms with E-state index in [1.165, 1.54) is 11.1 Å². The van der Waals surface area contributed by atoms with Crippen molar-refractivity contribution < 1.29 is 14.3 Å². The van der Waals surface area contributed by atoms with Crippen LogP contribution in [0.4, 0.5) is 4.79 Å². The minimum absolute atomic E-state index is 0.0242. The van der Waals surface area contributed by atoms with Gasteiger partial charge in [-0.15, -0.1) is 11.8 Å². The van der Waals surface area contributed by atoms with Gasteiger partial charge in [0.1, 0.15) is 17.4 Å². The van der Waals surface area contributed by atoms with E-state index in [1.54, 1.807) is 16.7 Å². The van der Waals surface area contributed by atoms with Gasteiger partial charge in [0.15, 0.2) is 0 Å². The van der Waals surface area contributed by atoms with Gasteiger partial charge in [-0.2, -0.15) is 5.26 Å². The number of rotatable bonds is 7. The highest BCUT2D eigenvalue weighted by atomic mass is 35.5. The number of likely N-dealkylation sites (tertiary alicyclic amines) is 1. The molecular weight excluding hydrogens is 516 g/mol. The van der Waals surface area contributed by atoms with Gasteiger partial charge in [-0.05, 0) is 74.6 Å². The number of halogens is 1. The molecule has 0 aromatic heterocycles. The first kappa shape index (κ1) is 27.9. The Morgan fingerprint density at radius 2 is 1.84 bits per heavy atom. The largest absolute Gasteiger partial charge is 0.492 e. The minimum Gasteiger partial charge on any atom is -0.492 e. The lowest BCUT2D eigenvalue weighted by Gasteiger charge is -2.39. The Morgan fingerprint density at radius 3 is 2.53 bits per heavy atom. The van der Waals surface area contributed by atoms with Crippen LogP contribution in [0.3, 0.4) is 0 Å². The van der Waals surface area contributed by atoms with Crippen LogP contribution >= 0.6 is 23.4 Å². The van der Waals surface area contributed by atoms with E-state index in [4.69, 9.17) is 21.1 Å². The molecule has 198 valence electrons. The second-order valence-electron chi connectivity index (χ2n) is 10.5. The summed E-state index contributed by atoms with van der Waals surface area (Å²) in [6.07, 6.45) is 0.476. The Kier molecular flexibility index (Phi) is 9.25. The molecule has 3 aromatic carbocycles. The molecular formula is C31H33ClN2O3S. The van der Waals surface area contributed by atoms with Crippen LogP contribution in [-0.2, 0) is 10.5 Å². The summed E-state index contributed by atoms with van der Waals surface area (Å²) in [7, 11) is 0. The summed E-state index contributed by atoms with van der Waals surface area (Å²) in [6.45, 7) is 7.11. The molecule has 0 spiro atoms. The third-order valence-corrected chi connectivity index (χ3v) is 7.77. The molecule has 1 amide bonds. The van der Waals surface area contributed by atoms with Crippen molar-refractivity contribution in [3.05, 3.63) is 94.5 Å². The van der Waals surface area contributed by atoms with E-state index in [2.05, 4.69) is 18.2 Å². The maximum absolute atomic E-state index is 12.8. The van der Waals surface area contributed by atoms with Crippen LogP contribution in [0.2, 0.25) is 5.02 Å². The summed E-state index contributed by atoms with van der Waals surface area (Å²) in [5.74, 6) is 1.60. The molecule has 1 saturated heterocycles. The molecule has 1 aliphatic rings. The second kappa shape index (κ2) is 12.6. The molecule has 0 bridgehead atoms. The number of amides is 1. The first-order chi connectivity index (χ1) is 18.2. The number of piperidine rings is 1. The van der Waals surface area contributed by atoms with Crippen LogP contribution in [0.5, 0.6) is 5.75 Å². The number of carbonyl (C=O) groups excluding carboxylic acids is 1. The summed E-state index contributed by atoms with van der Waals surface area (Å²) >= 11 is 7.82. The van der Waals surface area contributed by atoms with Crippen LogP contribution in [0, 0.1) is 17.2 Å². The number of benzene rings is 3. The first-order valence-electron chi connectivity index (χ1n) is 12.8. The zero-order valence-electron chi connectivity index (χ0n) is 22.0. The van der Waals surface area contributed by atoms with Crippen molar-refractivity contribution >= 4 is 29.5 Å². The summed E-state index contributed by atoms with van der Waals surface area (Å²) in [5, 5.41) is 10.5. The normalized spacial score (nSPS) is 17.5. The second-order valence-corrected chi connectivity index (χ2v) is 12.0. The summed E-state index contributed by atoms with van der Waals surface area (Å²) in [6, 6.07) is 26.2. The molecule has 0 radical (unpaired) electrons. The number of hydrogen-bond acceptors (Lipinski definition) is 5. The van der Waals surface area contributed by atoms with Gasteiger partial charge in [0, 0.05) is 34.7 Å². The van der Waals surface area contributed by atoms with Crippen molar-refractivity contribution in [1.29, 1.82) is 5.26 Å². The van der Waals surface area contributed by atoms with Crippen molar-refractivity contribution in [2.75, 3.05) is 19.7 Å². The zero-order valence-corrected chi connectivity index (χ0v) is 23.6. The van der Waals surface area contributed by atoms with Gasteiger partial charge in [-0.1, -0.05) is 54.1 Å². The molecule has 1 fully saturated rings. The van der Waals surface area contributed by atoms with Crippen LogP contribution in [-0.4, -0.2) is 36.3 Å². The maximum atomic E-state index is 12.8. The smallest absolute Gasteiger partial charge is 0.410 e. The molecule has 1 heterocycles. The van der Waals surface area contributed by atoms with E-state index < -0.39 is 5.60 Å². The topological polar surface area (TPSA) is 62.6 Å². The SMILES string of the molecule is CC(C)(C)OC(=O)N1CCC(c2ccc(Cl)cc2)C(COc2ccc(SCc3ccccc3)cc2C#N)C1. The van der Waals surface area contributed by atoms with Gasteiger partial charge >= 0.3 is 6.09 Å². The third-order valence-electron chi connectivity index (χ3n) is 6.46. The molecule has 2 atom stereocenters. The Hall–Kier alpha value is -3.14. The predicted octanol–water partition coefficient (Wildman–Crippen LogP) is 7.92. The highest BCUT2D eigenvalue weighted by Crippen LogP contribution is 2.36. The van der Waals surface area contributed by atoms with Crippen LogP contribution < -0.4 is 4.74 Å². The molecule has 0 saturated carbocycles. The highest BCUT2D eigenvalue weighted by Gasteiger charge is 2.35. The fourth-order valence-corrected chi connectivity index (χ4v) is 5.61. The predicted molar refractivity (Wildman–Crippen MR) is 153 cm³/mol. The fraction of sp³-hybridized carbons (Fsp3) is 0.355. The van der Waals surface area contributed by atoms with Crippen LogP contribution in [0.15, 0.2) is 77.7 Å². The summed E-state index contributed by atoms with van der Waals surface area (Å²) in [5.41, 5.74) is 2.35. The molecule has 38 heavy (non-hydrogen) atoms. The lowest BCUT2D eigenvalue weighted by Crippen LogP contribution is -2.46. The molecule has 1 aliphatic heterocycles. The zero-order chi connectivity index (χ0) is 27.1. The molecule has 2 unspecified atom stereocenters. The first-order valence-corrected chi connectivity index (χ1v) is 14.2. The van der Waals surface area contributed by atoms with Gasteiger partial charge in [-0.25, -0.2) is 4.79 Å². The van der Waals surface area contributed by atoms with Crippen molar-refractivity contribution in [3.63, 3.8) is 0 Å². The molecule has 7 heteroatoms. The van der Waals surface area contributed by atoms with Crippen LogP contribution in [0.1, 0.15) is 49.8 Å². The Labute approximate surface area is 234 Å². The lowest BCUT2D eigenvalue weighted by atomic mass is 9.81. The van der Waals surface area contributed by atoms with Gasteiger partial charge in [0.25, 0.3) is 0 Å². The van der Waals surface area contributed by atoms with Gasteiger partial charge in [0.2, 0.25) is 0 Å². The molecule has 4 rings (SSSR count). The van der Waals surface area contributed by atoms with Gasteiger partial charge < -0.3 is 14.4 Å². The van der Waals surface area contributed by atoms with E-state index >= 15 is 0 Å². The van der Waals surface area contributed by atoms with Crippen molar-refractivity contribution in [2.45, 2.75) is 49.4 Å². The summed E-state index contributed by atoms with van der Waals surface area (Å²) in [4.78, 5) is 15.6. The lowest BCUT2D eigenvalue weighted by molar-refractivity contribution is 0.0111. The standard InChI is InChI=1S/C31H33ClN2O3S/c1-31(2,3)37-30(35)34-16-15-28(23-9-11-26(32)12-10-23)25(19-34)20-36-29-14-13-27(17-24(29)18-33)38-21-22-7-5-4-6-8-22/h4-14,17,25,28H,15-16,19-21H2,1-3H3. The Morgan fingerprint density at radius 1 is 1.11 bits per heavy atom. The molecule has 3 aromatic rings. The fourth-order valence-electron chi connectivity index (χ4n) is 4.59. The van der Waals surface area contributed by atoms with Crippen molar-refractivity contribution in [1.82, 2.24) is 4.90 Å². The Bertz CT molecular complexity index is 1270. The van der Waals surface area contributed by atoms with E-state index in [0.29, 0.717) is 36.0 Å². The molecule has 5 nitrogen and oxygen atoms in total. The minimum atomic E-state index is -0.557. The van der Waals surface area contributed by atoms with Gasteiger partial charge in [0.05, 0.1) is 12.2 Å². The van der Waals surface area contributed by atoms with Crippen molar-refractivity contribution in [2.24, 2.45) is 5.92 Å². The average Bonchev–Trinajstić information content (AvgIpc) is 2.91. The number of nitrogens with zero attached hydrogens (tertiary/aromatic N) is 2. The highest BCUT2D eigenvalue weighted by molar-refractivity contribution is 7.98. The number of ether oxygens (including phenoxy) is 2. The third kappa shape index (κ3) is 7.69. The Balaban J connectivity index is 1.47. The molecule has 0 N–H and O–H groups in total. The molecule has 0 aliphatic carbocycles. The van der Waals surface area contributed by atoms with Crippen molar-refractivity contribution in [3.8, 4) is 11.8 Å². The summed E-state index contributed by atoms with van der Waals surface area (Å²) < 4.78 is 11.9. The monoisotopic (exact) mass is 548 g/mol.